The minimum atomic E-state index is -4.62. The van der Waals surface area contributed by atoms with Gasteiger partial charge in [-0.2, -0.15) is 0 Å². The average molecular weight is 862 g/mol. The zero-order valence-corrected chi connectivity index (χ0v) is 39.8. The molecule has 0 aliphatic carbocycles. The Kier molecular flexibility index (Phi) is 40.0. The van der Waals surface area contributed by atoms with Gasteiger partial charge in [0.15, 0.2) is 6.10 Å². The molecule has 0 aromatic rings. The second kappa shape index (κ2) is 41.8. The first-order valence-electron chi connectivity index (χ1n) is 23.6. The van der Waals surface area contributed by atoms with E-state index in [9.17, 15) is 19.0 Å². The standard InChI is InChI=1S/C50H88NO8P/c1-6-8-10-12-14-15-16-17-18-19-20-21-22-23-24-25-26-27-28-29-30-31-32-33-34-35-37-39-41-43-50(53)59-48(47-58-60(54,55)57-45-44-51(3,4)5)46-56-49(52)42-40-38-36-13-11-9-7-2/h8,10,14-15,17-18,20-21,23-24,26-27,48H,6-7,9,11-13,16,19,22,25,28-47H2,1-5H3/b10-8-,15-14-,18-17-,21-20-,24-23-,27-26-. The molecule has 60 heavy (non-hydrogen) atoms. The lowest BCUT2D eigenvalue weighted by Crippen LogP contribution is -2.37. The van der Waals surface area contributed by atoms with Gasteiger partial charge in [-0.1, -0.05) is 177 Å². The van der Waals surface area contributed by atoms with E-state index in [4.69, 9.17) is 18.5 Å². The fourth-order valence-electron chi connectivity index (χ4n) is 6.07. The Morgan fingerprint density at radius 2 is 0.950 bits per heavy atom. The summed E-state index contributed by atoms with van der Waals surface area (Å²) in [5, 5.41) is 0. The zero-order chi connectivity index (χ0) is 44.3. The first kappa shape index (κ1) is 57.4. The number of hydrogen-bond acceptors (Lipinski definition) is 8. The van der Waals surface area contributed by atoms with Crippen LogP contribution in [0.4, 0.5) is 0 Å². The molecule has 0 bridgehead atoms. The molecule has 0 aliphatic rings. The summed E-state index contributed by atoms with van der Waals surface area (Å²) >= 11 is 0. The van der Waals surface area contributed by atoms with Crippen molar-refractivity contribution in [2.24, 2.45) is 0 Å². The number of unbranched alkanes of at least 4 members (excludes halogenated alkanes) is 16. The summed E-state index contributed by atoms with van der Waals surface area (Å²) in [6.07, 6.45) is 52.5. The van der Waals surface area contributed by atoms with Crippen molar-refractivity contribution in [3.63, 3.8) is 0 Å². The SMILES string of the molecule is CC/C=C\C/C=C\C/C=C\C/C=C\C/C=C\C/C=C\CCCCCCCCCCCCC(=O)OC(COC(=O)CCCCCCCCC)COP(=O)([O-])OCC[N+](C)(C)C. The number of esters is 2. The molecule has 0 radical (unpaired) electrons. The monoisotopic (exact) mass is 862 g/mol. The molecular weight excluding hydrogens is 774 g/mol. The van der Waals surface area contributed by atoms with Crippen molar-refractivity contribution in [3.8, 4) is 0 Å². The smallest absolute Gasteiger partial charge is 0.306 e. The summed E-state index contributed by atoms with van der Waals surface area (Å²) in [6.45, 7) is 4.05. The average Bonchev–Trinajstić information content (AvgIpc) is 3.20. The van der Waals surface area contributed by atoms with Crippen LogP contribution in [0.3, 0.4) is 0 Å². The summed E-state index contributed by atoms with van der Waals surface area (Å²) in [5.41, 5.74) is 0. The molecular formula is C50H88NO8P. The van der Waals surface area contributed by atoms with Crippen LogP contribution in [0.1, 0.15) is 181 Å². The molecule has 0 saturated carbocycles. The minimum absolute atomic E-state index is 0.0338. The minimum Gasteiger partial charge on any atom is -0.756 e. The molecule has 10 heteroatoms. The Morgan fingerprint density at radius 1 is 0.533 bits per heavy atom. The third-order valence-corrected chi connectivity index (χ3v) is 10.7. The topological polar surface area (TPSA) is 111 Å². The predicted molar refractivity (Wildman–Crippen MR) is 249 cm³/mol. The molecule has 0 saturated heterocycles. The zero-order valence-electron chi connectivity index (χ0n) is 38.9. The van der Waals surface area contributed by atoms with Crippen molar-refractivity contribution >= 4 is 19.8 Å². The summed E-state index contributed by atoms with van der Waals surface area (Å²) < 4.78 is 33.8. The van der Waals surface area contributed by atoms with Crippen LogP contribution in [0.2, 0.25) is 0 Å². The number of hydrogen-bond donors (Lipinski definition) is 0. The molecule has 346 valence electrons. The normalized spacial score (nSPS) is 14.2. The maximum Gasteiger partial charge on any atom is 0.306 e. The van der Waals surface area contributed by atoms with Gasteiger partial charge in [0.1, 0.15) is 19.8 Å². The van der Waals surface area contributed by atoms with Crippen molar-refractivity contribution in [3.05, 3.63) is 72.9 Å². The molecule has 0 rings (SSSR count). The summed E-state index contributed by atoms with van der Waals surface area (Å²) in [4.78, 5) is 37.4. The molecule has 0 aromatic carbocycles. The van der Waals surface area contributed by atoms with E-state index < -0.39 is 32.5 Å². The Hall–Kier alpha value is -2.55. The number of nitrogens with zero attached hydrogens (tertiary/aromatic N) is 1. The highest BCUT2D eigenvalue weighted by Gasteiger charge is 2.21. The lowest BCUT2D eigenvalue weighted by molar-refractivity contribution is -0.870. The Balaban J connectivity index is 4.11. The van der Waals surface area contributed by atoms with E-state index >= 15 is 0 Å². The first-order valence-corrected chi connectivity index (χ1v) is 25.1. The van der Waals surface area contributed by atoms with E-state index in [0.717, 1.165) is 89.9 Å². The molecule has 0 fully saturated rings. The summed E-state index contributed by atoms with van der Waals surface area (Å²) in [6, 6.07) is 0. The van der Waals surface area contributed by atoms with Gasteiger partial charge in [0.05, 0.1) is 27.7 Å². The van der Waals surface area contributed by atoms with Crippen molar-refractivity contribution in [2.75, 3.05) is 47.5 Å². The van der Waals surface area contributed by atoms with Gasteiger partial charge in [-0.05, 0) is 64.2 Å². The predicted octanol–water partition coefficient (Wildman–Crippen LogP) is 13.2. The van der Waals surface area contributed by atoms with Crippen LogP contribution in [-0.2, 0) is 32.7 Å². The third kappa shape index (κ3) is 45.0. The molecule has 2 atom stereocenters. The maximum absolute atomic E-state index is 12.7. The lowest BCUT2D eigenvalue weighted by atomic mass is 10.0. The summed E-state index contributed by atoms with van der Waals surface area (Å²) in [7, 11) is 1.15. The Labute approximate surface area is 368 Å². The van der Waals surface area contributed by atoms with Gasteiger partial charge in [0.2, 0.25) is 0 Å². The van der Waals surface area contributed by atoms with Gasteiger partial charge in [-0.3, -0.25) is 14.2 Å². The van der Waals surface area contributed by atoms with Crippen molar-refractivity contribution in [1.82, 2.24) is 0 Å². The third-order valence-electron chi connectivity index (χ3n) is 9.74. The van der Waals surface area contributed by atoms with Crippen LogP contribution in [0.25, 0.3) is 0 Å². The number of carbonyl (C=O) groups is 2. The molecule has 0 aromatic heterocycles. The lowest BCUT2D eigenvalue weighted by Gasteiger charge is -2.28. The highest BCUT2D eigenvalue weighted by molar-refractivity contribution is 7.45. The second-order valence-corrected chi connectivity index (χ2v) is 18.2. The van der Waals surface area contributed by atoms with Crippen LogP contribution in [0, 0.1) is 0 Å². The van der Waals surface area contributed by atoms with E-state index in [1.807, 2.05) is 21.1 Å². The molecule has 0 amide bonds. The van der Waals surface area contributed by atoms with Gasteiger partial charge in [0.25, 0.3) is 7.82 Å². The maximum atomic E-state index is 12.7. The van der Waals surface area contributed by atoms with Gasteiger partial charge < -0.3 is 27.9 Å². The van der Waals surface area contributed by atoms with Crippen LogP contribution in [0.5, 0.6) is 0 Å². The molecule has 0 aliphatic heterocycles. The fraction of sp³-hybridized carbons (Fsp3) is 0.720. The first-order chi connectivity index (χ1) is 29.0. The second-order valence-electron chi connectivity index (χ2n) is 16.7. The van der Waals surface area contributed by atoms with E-state index in [-0.39, 0.29) is 26.1 Å². The number of phosphoric acid groups is 1. The number of quaternary nitrogens is 1. The number of carbonyl (C=O) groups excluding carboxylic acids is 2. The summed E-state index contributed by atoms with van der Waals surface area (Å²) in [5.74, 6) is -0.850. The van der Waals surface area contributed by atoms with Crippen LogP contribution in [0.15, 0.2) is 72.9 Å². The largest absolute Gasteiger partial charge is 0.756 e. The van der Waals surface area contributed by atoms with Gasteiger partial charge >= 0.3 is 11.9 Å². The molecule has 2 unspecified atom stereocenters. The van der Waals surface area contributed by atoms with Crippen LogP contribution >= 0.6 is 7.82 Å². The fourth-order valence-corrected chi connectivity index (χ4v) is 6.80. The Morgan fingerprint density at radius 3 is 1.42 bits per heavy atom. The number of ether oxygens (including phenoxy) is 2. The van der Waals surface area contributed by atoms with Crippen molar-refractivity contribution in [2.45, 2.75) is 187 Å². The highest BCUT2D eigenvalue weighted by atomic mass is 31.2. The molecule has 0 spiro atoms. The number of allylic oxidation sites excluding steroid dienone is 12. The van der Waals surface area contributed by atoms with Crippen LogP contribution in [-0.4, -0.2) is 70.0 Å². The van der Waals surface area contributed by atoms with Crippen molar-refractivity contribution in [1.29, 1.82) is 0 Å². The van der Waals surface area contributed by atoms with Gasteiger partial charge in [-0.15, -0.1) is 0 Å². The highest BCUT2D eigenvalue weighted by Crippen LogP contribution is 2.38. The quantitative estimate of drug-likeness (QED) is 0.0196. The van der Waals surface area contributed by atoms with E-state index in [0.29, 0.717) is 17.4 Å². The van der Waals surface area contributed by atoms with Gasteiger partial charge in [-0.25, -0.2) is 0 Å². The molecule has 0 N–H and O–H groups in total. The van der Waals surface area contributed by atoms with Crippen molar-refractivity contribution < 1.29 is 42.1 Å². The van der Waals surface area contributed by atoms with E-state index in [1.165, 1.54) is 57.8 Å². The molecule has 9 nitrogen and oxygen atoms in total. The number of rotatable bonds is 42. The Bertz CT molecular complexity index is 1250. The number of phosphoric ester groups is 1. The van der Waals surface area contributed by atoms with E-state index in [1.54, 1.807) is 0 Å². The number of likely N-dealkylation sites (N-methyl/N-ethyl adjacent to an activating group) is 1. The van der Waals surface area contributed by atoms with Gasteiger partial charge in [0, 0.05) is 12.8 Å². The van der Waals surface area contributed by atoms with Crippen LogP contribution < -0.4 is 4.89 Å². The van der Waals surface area contributed by atoms with E-state index in [2.05, 4.69) is 86.8 Å². The molecule has 0 heterocycles.